The van der Waals surface area contributed by atoms with Gasteiger partial charge < -0.3 is 0 Å². The van der Waals surface area contributed by atoms with Crippen molar-refractivity contribution < 1.29 is 8.42 Å². The topological polar surface area (TPSA) is 37.1 Å². The lowest BCUT2D eigenvalue weighted by atomic mass is 10.1. The Bertz CT molecular complexity index is 524. The second-order valence-electron chi connectivity index (χ2n) is 5.22. The van der Waals surface area contributed by atoms with E-state index in [2.05, 4.69) is 36.4 Å². The van der Waals surface area contributed by atoms with Gasteiger partial charge in [-0.3, -0.25) is 0 Å². The lowest BCUT2D eigenvalue weighted by Gasteiger charge is -2.07. The normalized spacial score (nSPS) is 27.5. The molecular weight excluding hydrogens is 361 g/mol. The Morgan fingerprint density at radius 1 is 1.28 bits per heavy atom. The second-order valence-corrected chi connectivity index (χ2v) is 8.34. The molecule has 0 radical (unpaired) electrons. The number of halogens is 1. The van der Waals surface area contributed by atoms with Crippen LogP contribution in [0.15, 0.2) is 29.2 Å². The van der Waals surface area contributed by atoms with Crippen molar-refractivity contribution in [3.05, 3.63) is 29.8 Å². The average molecular weight is 379 g/mol. The predicted octanol–water partition coefficient (Wildman–Crippen LogP) is 3.18. The molecule has 0 amide bonds. The number of nitrogens with zero attached hydrogens (tertiary/aromatic N) is 1. The van der Waals surface area contributed by atoms with Crippen molar-refractivity contribution in [2.24, 2.45) is 5.92 Å². The van der Waals surface area contributed by atoms with Crippen LogP contribution >= 0.6 is 22.6 Å². The smallest absolute Gasteiger partial charge is 0.207 e. The lowest BCUT2D eigenvalue weighted by Crippen LogP contribution is -2.15. The summed E-state index contributed by atoms with van der Waals surface area (Å²) < 4.78 is 26.6. The van der Waals surface area contributed by atoms with Gasteiger partial charge in [-0.25, -0.2) is 8.42 Å². The summed E-state index contributed by atoms with van der Waals surface area (Å²) in [6, 6.07) is 7.24. The third-order valence-electron chi connectivity index (χ3n) is 3.11. The van der Waals surface area contributed by atoms with Crippen molar-refractivity contribution in [2.45, 2.75) is 42.2 Å². The fourth-order valence-corrected chi connectivity index (χ4v) is 5.68. The monoisotopic (exact) mass is 379 g/mol. The van der Waals surface area contributed by atoms with Crippen molar-refractivity contribution in [3.8, 4) is 0 Å². The number of alkyl halides is 1. The Balaban J connectivity index is 2.21. The molecule has 3 nitrogen and oxygen atoms in total. The molecule has 0 aromatic heterocycles. The number of benzene rings is 1. The summed E-state index contributed by atoms with van der Waals surface area (Å²) in [4.78, 5) is 0.404. The zero-order valence-electron chi connectivity index (χ0n) is 10.8. The van der Waals surface area contributed by atoms with E-state index in [0.29, 0.717) is 10.8 Å². The first-order valence-corrected chi connectivity index (χ1v) is 8.77. The van der Waals surface area contributed by atoms with E-state index in [1.54, 1.807) is 16.4 Å². The molecule has 3 atom stereocenters. The van der Waals surface area contributed by atoms with E-state index in [1.807, 2.05) is 19.1 Å². The van der Waals surface area contributed by atoms with Gasteiger partial charge in [-0.15, -0.1) is 0 Å². The van der Waals surface area contributed by atoms with Crippen LogP contribution in [0, 0.1) is 12.8 Å². The molecule has 1 aromatic rings. The van der Waals surface area contributed by atoms with Gasteiger partial charge in [0.25, 0.3) is 0 Å². The van der Waals surface area contributed by atoms with Crippen LogP contribution in [-0.2, 0) is 10.0 Å². The number of hydrogen-bond donors (Lipinski definition) is 0. The zero-order valence-corrected chi connectivity index (χ0v) is 13.8. The molecule has 0 aliphatic carbocycles. The van der Waals surface area contributed by atoms with Crippen LogP contribution < -0.4 is 0 Å². The first-order chi connectivity index (χ1) is 8.34. The Labute approximate surface area is 123 Å². The maximum Gasteiger partial charge on any atom is 0.244 e. The molecule has 1 aliphatic rings. The largest absolute Gasteiger partial charge is 0.244 e. The molecule has 0 N–H and O–H groups in total. The molecule has 2 rings (SSSR count). The lowest BCUT2D eigenvalue weighted by molar-refractivity contribution is 0.516. The molecule has 5 heteroatoms. The highest BCUT2D eigenvalue weighted by atomic mass is 127. The van der Waals surface area contributed by atoms with Crippen LogP contribution in [0.2, 0.25) is 0 Å². The average Bonchev–Trinajstić information content (AvgIpc) is 2.89. The minimum atomic E-state index is -3.30. The van der Waals surface area contributed by atoms with Gasteiger partial charge in [0.15, 0.2) is 0 Å². The molecule has 0 spiro atoms. The van der Waals surface area contributed by atoms with Crippen molar-refractivity contribution in [3.63, 3.8) is 0 Å². The van der Waals surface area contributed by atoms with Crippen LogP contribution in [-0.4, -0.2) is 22.8 Å². The highest BCUT2D eigenvalue weighted by Crippen LogP contribution is 2.43. The zero-order chi connectivity index (χ0) is 13.5. The molecular formula is C13H18INO2S. The van der Waals surface area contributed by atoms with Crippen molar-refractivity contribution in [1.29, 1.82) is 0 Å². The van der Waals surface area contributed by atoms with Crippen LogP contribution in [0.5, 0.6) is 0 Å². The summed E-state index contributed by atoms with van der Waals surface area (Å²) >= 11 is 2.22. The van der Waals surface area contributed by atoms with E-state index in [1.165, 1.54) is 0 Å². The fraction of sp³-hybridized carbons (Fsp3) is 0.538. The third kappa shape index (κ3) is 2.72. The molecule has 1 unspecified atom stereocenters. The molecule has 18 heavy (non-hydrogen) atoms. The van der Waals surface area contributed by atoms with Crippen LogP contribution in [0.1, 0.15) is 25.8 Å². The number of aryl methyl sites for hydroxylation is 1. The van der Waals surface area contributed by atoms with Gasteiger partial charge in [0, 0.05) is 0 Å². The number of sulfonamides is 1. The first kappa shape index (κ1) is 14.3. The number of hydrogen-bond acceptors (Lipinski definition) is 2. The third-order valence-corrected chi connectivity index (χ3v) is 6.84. The van der Waals surface area contributed by atoms with Crippen molar-refractivity contribution in [1.82, 2.24) is 4.31 Å². The summed E-state index contributed by atoms with van der Waals surface area (Å²) in [5, 5.41) is 0. The molecule has 1 aromatic carbocycles. The molecule has 1 fully saturated rings. The quantitative estimate of drug-likeness (QED) is 0.349. The molecule has 0 bridgehead atoms. The minimum absolute atomic E-state index is 0.108. The van der Waals surface area contributed by atoms with Gasteiger partial charge in [0.1, 0.15) is 0 Å². The van der Waals surface area contributed by atoms with Crippen molar-refractivity contribution in [2.75, 3.05) is 0 Å². The molecule has 1 saturated heterocycles. The second kappa shape index (κ2) is 5.09. The maximum absolute atomic E-state index is 12.4. The Hall–Kier alpha value is -0.140. The molecule has 0 saturated carbocycles. The Kier molecular flexibility index (Phi) is 4.04. The predicted molar refractivity (Wildman–Crippen MR) is 81.3 cm³/mol. The molecule has 100 valence electrons. The van der Waals surface area contributed by atoms with Gasteiger partial charge in [-0.05, 0) is 31.4 Å². The van der Waals surface area contributed by atoms with E-state index in [9.17, 15) is 8.42 Å². The van der Waals surface area contributed by atoms with Crippen LogP contribution in [0.3, 0.4) is 0 Å². The summed E-state index contributed by atoms with van der Waals surface area (Å²) in [6.45, 7) is 6.20. The molecule has 1 aliphatic heterocycles. The summed E-state index contributed by atoms with van der Waals surface area (Å²) in [5.41, 5.74) is 1.07. The van der Waals surface area contributed by atoms with E-state index in [4.69, 9.17) is 0 Å². The van der Waals surface area contributed by atoms with Crippen LogP contribution in [0.25, 0.3) is 0 Å². The maximum atomic E-state index is 12.4. The summed E-state index contributed by atoms with van der Waals surface area (Å²) in [5.74, 6) is 0.519. The van der Waals surface area contributed by atoms with Gasteiger partial charge in [-0.1, -0.05) is 54.1 Å². The van der Waals surface area contributed by atoms with E-state index in [-0.39, 0.29) is 10.1 Å². The van der Waals surface area contributed by atoms with Crippen molar-refractivity contribution >= 4 is 32.6 Å². The van der Waals surface area contributed by atoms with Gasteiger partial charge >= 0.3 is 0 Å². The van der Waals surface area contributed by atoms with Gasteiger partial charge in [0.2, 0.25) is 10.0 Å². The Morgan fingerprint density at radius 2 is 1.83 bits per heavy atom. The Morgan fingerprint density at radius 3 is 2.33 bits per heavy atom. The van der Waals surface area contributed by atoms with E-state index in [0.717, 1.165) is 12.0 Å². The number of rotatable bonds is 4. The van der Waals surface area contributed by atoms with Crippen LogP contribution in [0.4, 0.5) is 0 Å². The highest BCUT2D eigenvalue weighted by molar-refractivity contribution is 14.1. The summed E-state index contributed by atoms with van der Waals surface area (Å²) in [7, 11) is -3.30. The van der Waals surface area contributed by atoms with E-state index < -0.39 is 10.0 Å². The highest BCUT2D eigenvalue weighted by Gasteiger charge is 2.53. The van der Waals surface area contributed by atoms with Gasteiger partial charge in [0.05, 0.1) is 15.0 Å². The summed E-state index contributed by atoms with van der Waals surface area (Å²) in [6.07, 6.45) is 0.929. The van der Waals surface area contributed by atoms with E-state index >= 15 is 0 Å². The first-order valence-electron chi connectivity index (χ1n) is 6.08. The fourth-order valence-electron chi connectivity index (χ4n) is 2.07. The minimum Gasteiger partial charge on any atom is -0.207 e. The SMILES string of the molecule is Cc1ccc(S(=O)(=O)N2[C@H](CC(C)C)[C@@H]2I)cc1. The standard InChI is InChI=1S/C13H18INO2S/c1-9(2)8-12-13(14)15(12)18(16,17)11-6-4-10(3)5-7-11/h4-7,9,12-13H,8H2,1-3H3/t12-,13-,15?/m1/s1. The van der Waals surface area contributed by atoms with Gasteiger partial charge in [-0.2, -0.15) is 4.31 Å². The molecule has 1 heterocycles.